The van der Waals surface area contributed by atoms with E-state index in [2.05, 4.69) is 10.0 Å². The number of hydrogen-bond acceptors (Lipinski definition) is 3. The molecule has 0 aromatic heterocycles. The van der Waals surface area contributed by atoms with Crippen molar-refractivity contribution in [2.45, 2.75) is 30.2 Å². The molecule has 1 heterocycles. The van der Waals surface area contributed by atoms with Crippen molar-refractivity contribution in [2.75, 3.05) is 13.1 Å². The zero-order chi connectivity index (χ0) is 13.9. The Morgan fingerprint density at radius 1 is 1.37 bits per heavy atom. The van der Waals surface area contributed by atoms with Gasteiger partial charge in [0.05, 0.1) is 10.0 Å². The van der Waals surface area contributed by atoms with Crippen LogP contribution in [0, 0.1) is 0 Å². The molecule has 0 aliphatic carbocycles. The fourth-order valence-electron chi connectivity index (χ4n) is 2.14. The van der Waals surface area contributed by atoms with Crippen molar-refractivity contribution in [1.82, 2.24) is 10.0 Å². The van der Waals surface area contributed by atoms with Crippen molar-refractivity contribution in [3.05, 3.63) is 28.2 Å². The molecule has 2 N–H and O–H groups in total. The normalized spacial score (nSPS) is 19.8. The van der Waals surface area contributed by atoms with Crippen LogP contribution in [0.25, 0.3) is 0 Å². The Balaban J connectivity index is 1.99. The summed E-state index contributed by atoms with van der Waals surface area (Å²) < 4.78 is 26.8. The van der Waals surface area contributed by atoms with Crippen LogP contribution in [0.4, 0.5) is 0 Å². The number of hydrogen-bond donors (Lipinski definition) is 2. The molecule has 1 aromatic rings. The largest absolute Gasteiger partial charge is 0.314 e. The Morgan fingerprint density at radius 3 is 2.84 bits per heavy atom. The van der Waals surface area contributed by atoms with E-state index in [1.807, 2.05) is 0 Å². The quantitative estimate of drug-likeness (QED) is 0.875. The molecular formula is C12H16Cl2N2O2S. The molecule has 1 atom stereocenters. The minimum Gasteiger partial charge on any atom is -0.314 e. The maximum atomic E-state index is 12.1. The zero-order valence-corrected chi connectivity index (χ0v) is 12.7. The Hall–Kier alpha value is -0.330. The Morgan fingerprint density at radius 2 is 2.16 bits per heavy atom. The molecule has 1 aliphatic rings. The molecule has 2 rings (SSSR count). The van der Waals surface area contributed by atoms with Crippen LogP contribution >= 0.6 is 23.2 Å². The second-order valence-corrected chi connectivity index (χ2v) is 7.05. The monoisotopic (exact) mass is 322 g/mol. The van der Waals surface area contributed by atoms with Crippen molar-refractivity contribution in [2.24, 2.45) is 0 Å². The SMILES string of the molecule is O=S(=O)(NCC[C@@H]1CCCN1)c1cccc(Cl)c1Cl. The molecule has 7 heteroatoms. The molecule has 0 radical (unpaired) electrons. The minimum atomic E-state index is -3.60. The van der Waals surface area contributed by atoms with E-state index in [-0.39, 0.29) is 14.9 Å². The van der Waals surface area contributed by atoms with Crippen LogP contribution in [0.2, 0.25) is 10.0 Å². The lowest BCUT2D eigenvalue weighted by molar-refractivity contribution is 0.539. The highest BCUT2D eigenvalue weighted by atomic mass is 35.5. The van der Waals surface area contributed by atoms with Gasteiger partial charge in [-0.3, -0.25) is 0 Å². The molecule has 1 aliphatic heterocycles. The third kappa shape index (κ3) is 3.83. The maximum absolute atomic E-state index is 12.1. The molecule has 4 nitrogen and oxygen atoms in total. The fraction of sp³-hybridized carbons (Fsp3) is 0.500. The van der Waals surface area contributed by atoms with Crippen molar-refractivity contribution in [1.29, 1.82) is 0 Å². The molecule has 0 bridgehead atoms. The van der Waals surface area contributed by atoms with Crippen LogP contribution in [0.1, 0.15) is 19.3 Å². The van der Waals surface area contributed by atoms with Gasteiger partial charge in [-0.2, -0.15) is 0 Å². The highest BCUT2D eigenvalue weighted by molar-refractivity contribution is 7.89. The molecule has 1 aromatic carbocycles. The van der Waals surface area contributed by atoms with Gasteiger partial charge in [0, 0.05) is 12.6 Å². The van der Waals surface area contributed by atoms with Gasteiger partial charge in [0.2, 0.25) is 10.0 Å². The fourth-order valence-corrected chi connectivity index (χ4v) is 3.95. The molecule has 0 amide bonds. The summed E-state index contributed by atoms with van der Waals surface area (Å²) in [6.07, 6.45) is 3.02. The van der Waals surface area contributed by atoms with E-state index in [1.165, 1.54) is 6.07 Å². The average Bonchev–Trinajstić information content (AvgIpc) is 2.85. The van der Waals surface area contributed by atoms with Crippen LogP contribution in [0.5, 0.6) is 0 Å². The predicted molar refractivity (Wildman–Crippen MR) is 77.3 cm³/mol. The van der Waals surface area contributed by atoms with E-state index in [1.54, 1.807) is 12.1 Å². The summed E-state index contributed by atoms with van der Waals surface area (Å²) in [5.74, 6) is 0. The number of nitrogens with one attached hydrogen (secondary N) is 2. The summed E-state index contributed by atoms with van der Waals surface area (Å²) in [5, 5.41) is 3.62. The molecular weight excluding hydrogens is 307 g/mol. The first-order valence-corrected chi connectivity index (χ1v) is 8.41. The summed E-state index contributed by atoms with van der Waals surface area (Å²) in [6.45, 7) is 1.40. The highest BCUT2D eigenvalue weighted by Gasteiger charge is 2.20. The van der Waals surface area contributed by atoms with Gasteiger partial charge in [-0.1, -0.05) is 29.3 Å². The molecule has 0 spiro atoms. The molecule has 19 heavy (non-hydrogen) atoms. The standard InChI is InChI=1S/C12H16Cl2N2O2S/c13-10-4-1-5-11(12(10)14)19(17,18)16-8-6-9-3-2-7-15-9/h1,4-5,9,15-16H,2-3,6-8H2/t9-/m0/s1. The van der Waals surface area contributed by atoms with Crippen molar-refractivity contribution < 1.29 is 8.42 Å². The lowest BCUT2D eigenvalue weighted by Crippen LogP contribution is -2.30. The average molecular weight is 323 g/mol. The number of sulfonamides is 1. The zero-order valence-electron chi connectivity index (χ0n) is 10.3. The lowest BCUT2D eigenvalue weighted by atomic mass is 10.2. The summed E-state index contributed by atoms with van der Waals surface area (Å²) in [7, 11) is -3.60. The van der Waals surface area contributed by atoms with Crippen LogP contribution in [-0.4, -0.2) is 27.5 Å². The molecule has 1 fully saturated rings. The van der Waals surface area contributed by atoms with Gasteiger partial charge in [-0.15, -0.1) is 0 Å². The van der Waals surface area contributed by atoms with E-state index in [0.717, 1.165) is 25.8 Å². The van der Waals surface area contributed by atoms with Gasteiger partial charge < -0.3 is 5.32 Å². The summed E-state index contributed by atoms with van der Waals surface area (Å²) in [4.78, 5) is 0.0287. The Labute approximate surface area is 123 Å². The van der Waals surface area contributed by atoms with Gasteiger partial charge in [0.25, 0.3) is 0 Å². The topological polar surface area (TPSA) is 58.2 Å². The molecule has 0 saturated carbocycles. The second kappa shape index (κ2) is 6.41. The number of halogens is 2. The van der Waals surface area contributed by atoms with Crippen LogP contribution in [-0.2, 0) is 10.0 Å². The van der Waals surface area contributed by atoms with Crippen molar-refractivity contribution >= 4 is 33.2 Å². The lowest BCUT2D eigenvalue weighted by Gasteiger charge is -2.12. The summed E-state index contributed by atoms with van der Waals surface area (Å²) in [6, 6.07) is 4.98. The smallest absolute Gasteiger partial charge is 0.242 e. The highest BCUT2D eigenvalue weighted by Crippen LogP contribution is 2.28. The minimum absolute atomic E-state index is 0.0287. The first-order chi connectivity index (χ1) is 9.00. The number of rotatable bonds is 5. The van der Waals surface area contributed by atoms with E-state index in [0.29, 0.717) is 12.6 Å². The van der Waals surface area contributed by atoms with E-state index in [9.17, 15) is 8.42 Å². The van der Waals surface area contributed by atoms with Gasteiger partial charge in [0.1, 0.15) is 4.90 Å². The maximum Gasteiger partial charge on any atom is 0.242 e. The van der Waals surface area contributed by atoms with Gasteiger partial charge in [-0.25, -0.2) is 13.1 Å². The Bertz CT molecular complexity index is 543. The van der Waals surface area contributed by atoms with Gasteiger partial charge in [0.15, 0.2) is 0 Å². The third-order valence-corrected chi connectivity index (χ3v) is 5.59. The first kappa shape index (κ1) is 15.1. The van der Waals surface area contributed by atoms with Crippen molar-refractivity contribution in [3.8, 4) is 0 Å². The summed E-state index contributed by atoms with van der Waals surface area (Å²) in [5.41, 5.74) is 0. The third-order valence-electron chi connectivity index (χ3n) is 3.15. The van der Waals surface area contributed by atoms with Crippen LogP contribution in [0.3, 0.4) is 0 Å². The second-order valence-electron chi connectivity index (χ2n) is 4.53. The Kier molecular flexibility index (Phi) is 5.09. The first-order valence-electron chi connectivity index (χ1n) is 6.18. The summed E-state index contributed by atoms with van der Waals surface area (Å²) >= 11 is 11.7. The van der Waals surface area contributed by atoms with E-state index < -0.39 is 10.0 Å². The molecule has 106 valence electrons. The van der Waals surface area contributed by atoms with Gasteiger partial charge >= 0.3 is 0 Å². The van der Waals surface area contributed by atoms with Crippen LogP contribution in [0.15, 0.2) is 23.1 Å². The van der Waals surface area contributed by atoms with E-state index in [4.69, 9.17) is 23.2 Å². The molecule has 1 saturated heterocycles. The van der Waals surface area contributed by atoms with Crippen molar-refractivity contribution in [3.63, 3.8) is 0 Å². The predicted octanol–water partition coefficient (Wildman–Crippen LogP) is 2.41. The van der Waals surface area contributed by atoms with Crippen LogP contribution < -0.4 is 10.0 Å². The van der Waals surface area contributed by atoms with Gasteiger partial charge in [-0.05, 0) is 37.9 Å². The molecule has 0 unspecified atom stereocenters. The van der Waals surface area contributed by atoms with E-state index >= 15 is 0 Å². The number of benzene rings is 1.